The van der Waals surface area contributed by atoms with Crippen molar-refractivity contribution in [2.24, 2.45) is 11.7 Å². The summed E-state index contributed by atoms with van der Waals surface area (Å²) in [5, 5.41) is 0. The van der Waals surface area contributed by atoms with Gasteiger partial charge in [-0.2, -0.15) is 0 Å². The predicted octanol–water partition coefficient (Wildman–Crippen LogP) is 1.40. The van der Waals surface area contributed by atoms with Crippen LogP contribution in [0.3, 0.4) is 0 Å². The number of hydrogen-bond donors (Lipinski definition) is 1. The highest BCUT2D eigenvalue weighted by Crippen LogP contribution is 2.38. The summed E-state index contributed by atoms with van der Waals surface area (Å²) in [5.41, 5.74) is 5.68. The molecule has 0 aromatic carbocycles. The standard InChI is InChI=1S/C9H14N2/c10-7-9(8-3-4-8)11-5-1-2-6-11/h1-2,5-6,8-9H,3-4,7,10H2. The molecule has 11 heavy (non-hydrogen) atoms. The van der Waals surface area contributed by atoms with Crippen molar-refractivity contribution < 1.29 is 0 Å². The van der Waals surface area contributed by atoms with Gasteiger partial charge in [-0.05, 0) is 30.9 Å². The van der Waals surface area contributed by atoms with Gasteiger partial charge < -0.3 is 10.3 Å². The van der Waals surface area contributed by atoms with Gasteiger partial charge in [-0.3, -0.25) is 0 Å². The average Bonchev–Trinajstić information content (AvgIpc) is 2.68. The van der Waals surface area contributed by atoms with E-state index in [0.29, 0.717) is 6.04 Å². The fourth-order valence-electron chi connectivity index (χ4n) is 1.61. The van der Waals surface area contributed by atoms with E-state index in [4.69, 9.17) is 5.73 Å². The zero-order valence-corrected chi connectivity index (χ0v) is 6.61. The highest BCUT2D eigenvalue weighted by Gasteiger charge is 2.30. The van der Waals surface area contributed by atoms with E-state index in [9.17, 15) is 0 Å². The lowest BCUT2D eigenvalue weighted by Crippen LogP contribution is -2.19. The molecule has 2 N–H and O–H groups in total. The van der Waals surface area contributed by atoms with Crippen molar-refractivity contribution in [3.05, 3.63) is 24.5 Å². The summed E-state index contributed by atoms with van der Waals surface area (Å²) in [6.45, 7) is 0.777. The second-order valence-electron chi connectivity index (χ2n) is 3.27. The van der Waals surface area contributed by atoms with Crippen LogP contribution in [0.15, 0.2) is 24.5 Å². The van der Waals surface area contributed by atoms with Gasteiger partial charge in [0.2, 0.25) is 0 Å². The number of aromatic nitrogens is 1. The maximum absolute atomic E-state index is 5.68. The number of hydrogen-bond acceptors (Lipinski definition) is 1. The summed E-state index contributed by atoms with van der Waals surface area (Å²) in [6, 6.07) is 4.68. The first-order valence-electron chi connectivity index (χ1n) is 4.24. The van der Waals surface area contributed by atoms with E-state index in [1.165, 1.54) is 12.8 Å². The van der Waals surface area contributed by atoms with Gasteiger partial charge in [-0.1, -0.05) is 0 Å². The number of rotatable bonds is 3. The Morgan fingerprint density at radius 1 is 1.36 bits per heavy atom. The second kappa shape index (κ2) is 2.70. The lowest BCUT2D eigenvalue weighted by atomic mass is 10.2. The van der Waals surface area contributed by atoms with Gasteiger partial charge >= 0.3 is 0 Å². The Balaban J connectivity index is 2.11. The van der Waals surface area contributed by atoms with Gasteiger partial charge in [0.1, 0.15) is 0 Å². The average molecular weight is 150 g/mol. The van der Waals surface area contributed by atoms with Crippen LogP contribution in [0.5, 0.6) is 0 Å². The van der Waals surface area contributed by atoms with Crippen LogP contribution in [0, 0.1) is 5.92 Å². The van der Waals surface area contributed by atoms with E-state index in [1.807, 2.05) is 0 Å². The Bertz CT molecular complexity index is 211. The van der Waals surface area contributed by atoms with Crippen molar-refractivity contribution in [2.45, 2.75) is 18.9 Å². The minimum absolute atomic E-state index is 0.560. The summed E-state index contributed by atoms with van der Waals surface area (Å²) in [4.78, 5) is 0. The quantitative estimate of drug-likeness (QED) is 0.693. The lowest BCUT2D eigenvalue weighted by Gasteiger charge is -2.15. The summed E-state index contributed by atoms with van der Waals surface area (Å²) in [6.07, 6.45) is 6.94. The topological polar surface area (TPSA) is 30.9 Å². The first kappa shape index (κ1) is 6.92. The molecule has 1 atom stereocenters. The molecule has 2 nitrogen and oxygen atoms in total. The molecule has 2 heteroatoms. The molecule has 1 aliphatic carbocycles. The maximum Gasteiger partial charge on any atom is 0.0481 e. The van der Waals surface area contributed by atoms with Crippen molar-refractivity contribution in [2.75, 3.05) is 6.54 Å². The highest BCUT2D eigenvalue weighted by molar-refractivity contribution is 4.97. The molecule has 0 spiro atoms. The Morgan fingerprint density at radius 3 is 2.45 bits per heavy atom. The molecule has 1 aliphatic rings. The van der Waals surface area contributed by atoms with Crippen molar-refractivity contribution in [3.63, 3.8) is 0 Å². The molecule has 2 rings (SSSR count). The third-order valence-electron chi connectivity index (χ3n) is 2.42. The summed E-state index contributed by atoms with van der Waals surface area (Å²) in [7, 11) is 0. The SMILES string of the molecule is NCC(C1CC1)n1cccc1. The van der Waals surface area contributed by atoms with E-state index in [0.717, 1.165) is 12.5 Å². The molecule has 0 aliphatic heterocycles. The molecule has 1 unspecified atom stereocenters. The Hall–Kier alpha value is -0.760. The van der Waals surface area contributed by atoms with Crippen molar-refractivity contribution in [1.82, 2.24) is 4.57 Å². The van der Waals surface area contributed by atoms with Crippen molar-refractivity contribution in [1.29, 1.82) is 0 Å². The molecule has 1 fully saturated rings. The molecule has 1 heterocycles. The van der Waals surface area contributed by atoms with Gasteiger partial charge in [0.15, 0.2) is 0 Å². The smallest absolute Gasteiger partial charge is 0.0481 e. The van der Waals surface area contributed by atoms with Gasteiger partial charge in [0.05, 0.1) is 0 Å². The molecule has 1 aromatic rings. The molecule has 0 amide bonds. The van der Waals surface area contributed by atoms with Gasteiger partial charge in [0.25, 0.3) is 0 Å². The van der Waals surface area contributed by atoms with Crippen molar-refractivity contribution in [3.8, 4) is 0 Å². The molecule has 60 valence electrons. The van der Waals surface area contributed by atoms with Crippen LogP contribution in [0.1, 0.15) is 18.9 Å². The Kier molecular flexibility index (Phi) is 1.70. The Morgan fingerprint density at radius 2 is 2.00 bits per heavy atom. The maximum atomic E-state index is 5.68. The van der Waals surface area contributed by atoms with Crippen molar-refractivity contribution >= 4 is 0 Å². The molecule has 1 aromatic heterocycles. The minimum Gasteiger partial charge on any atom is -0.350 e. The highest BCUT2D eigenvalue weighted by atomic mass is 15.0. The number of nitrogens with zero attached hydrogens (tertiary/aromatic N) is 1. The molecule has 0 bridgehead atoms. The summed E-state index contributed by atoms with van der Waals surface area (Å²) < 4.78 is 2.23. The van der Waals surface area contributed by atoms with Crippen LogP contribution in [0.2, 0.25) is 0 Å². The third-order valence-corrected chi connectivity index (χ3v) is 2.42. The Labute approximate surface area is 67.0 Å². The largest absolute Gasteiger partial charge is 0.350 e. The van der Waals surface area contributed by atoms with E-state index < -0.39 is 0 Å². The fourth-order valence-corrected chi connectivity index (χ4v) is 1.61. The van der Waals surface area contributed by atoms with Gasteiger partial charge in [-0.25, -0.2) is 0 Å². The summed E-state index contributed by atoms with van der Waals surface area (Å²) in [5.74, 6) is 0.854. The minimum atomic E-state index is 0.560. The van der Waals surface area contributed by atoms with E-state index in [1.54, 1.807) is 0 Å². The first-order chi connectivity index (χ1) is 5.42. The normalized spacial score (nSPS) is 20.1. The van der Waals surface area contributed by atoms with Crippen LogP contribution in [0.4, 0.5) is 0 Å². The predicted molar refractivity (Wildman–Crippen MR) is 45.2 cm³/mol. The second-order valence-corrected chi connectivity index (χ2v) is 3.27. The molecule has 1 saturated carbocycles. The molecular formula is C9H14N2. The third kappa shape index (κ3) is 1.31. The first-order valence-corrected chi connectivity index (χ1v) is 4.24. The number of nitrogens with two attached hydrogens (primary N) is 1. The molecular weight excluding hydrogens is 136 g/mol. The van der Waals surface area contributed by atoms with Gasteiger partial charge in [0, 0.05) is 25.0 Å². The van der Waals surface area contributed by atoms with Crippen LogP contribution >= 0.6 is 0 Å². The van der Waals surface area contributed by atoms with E-state index in [-0.39, 0.29) is 0 Å². The van der Waals surface area contributed by atoms with Crippen LogP contribution in [0.25, 0.3) is 0 Å². The zero-order valence-electron chi connectivity index (χ0n) is 6.61. The van der Waals surface area contributed by atoms with Gasteiger partial charge in [-0.15, -0.1) is 0 Å². The van der Waals surface area contributed by atoms with Crippen LogP contribution in [-0.4, -0.2) is 11.1 Å². The lowest BCUT2D eigenvalue weighted by molar-refractivity contribution is 0.456. The monoisotopic (exact) mass is 150 g/mol. The van der Waals surface area contributed by atoms with E-state index in [2.05, 4.69) is 29.1 Å². The van der Waals surface area contributed by atoms with E-state index >= 15 is 0 Å². The zero-order chi connectivity index (χ0) is 7.68. The molecule has 0 saturated heterocycles. The van der Waals surface area contributed by atoms with Crippen LogP contribution < -0.4 is 5.73 Å². The fraction of sp³-hybridized carbons (Fsp3) is 0.556. The van der Waals surface area contributed by atoms with Crippen LogP contribution in [-0.2, 0) is 0 Å². The summed E-state index contributed by atoms with van der Waals surface area (Å²) >= 11 is 0. The molecule has 0 radical (unpaired) electrons.